The molecule has 1 amide bonds. The van der Waals surface area contributed by atoms with Gasteiger partial charge in [0, 0.05) is 25.4 Å². The summed E-state index contributed by atoms with van der Waals surface area (Å²) in [5, 5.41) is 8.60. The maximum atomic E-state index is 12.2. The van der Waals surface area contributed by atoms with Gasteiger partial charge in [0.1, 0.15) is 0 Å². The van der Waals surface area contributed by atoms with Crippen molar-refractivity contribution >= 4 is 21.7 Å². The highest BCUT2D eigenvalue weighted by molar-refractivity contribution is 7.91. The Balaban J connectivity index is 1.99. The van der Waals surface area contributed by atoms with E-state index in [0.29, 0.717) is 25.3 Å². The summed E-state index contributed by atoms with van der Waals surface area (Å²) in [6.07, 6.45) is 2.94. The molecule has 1 N–H and O–H groups in total. The van der Waals surface area contributed by atoms with Crippen molar-refractivity contribution in [2.45, 2.75) is 44.6 Å². The van der Waals surface area contributed by atoms with Crippen LogP contribution in [0, 0.1) is 5.92 Å². The van der Waals surface area contributed by atoms with Crippen LogP contribution in [0.25, 0.3) is 0 Å². The van der Waals surface area contributed by atoms with Gasteiger partial charge in [-0.2, -0.15) is 0 Å². The Morgan fingerprint density at radius 1 is 1.20 bits per heavy atom. The van der Waals surface area contributed by atoms with Gasteiger partial charge in [0.05, 0.1) is 11.5 Å². The molecule has 0 aromatic carbocycles. The summed E-state index contributed by atoms with van der Waals surface area (Å²) in [5.74, 6) is -0.473. The lowest BCUT2D eigenvalue weighted by Gasteiger charge is -2.29. The average Bonchev–Trinajstić information content (AvgIpc) is 3.14. The van der Waals surface area contributed by atoms with Gasteiger partial charge in [-0.05, 0) is 31.6 Å². The van der Waals surface area contributed by atoms with E-state index < -0.39 is 15.8 Å². The van der Waals surface area contributed by atoms with E-state index in [4.69, 9.17) is 5.11 Å². The predicted octanol–water partition coefficient (Wildman–Crippen LogP) is 0.667. The third-order valence-corrected chi connectivity index (χ3v) is 5.71. The number of aliphatic carboxylic acids is 1. The first-order chi connectivity index (χ1) is 9.39. The molecule has 1 atom stereocenters. The molecule has 6 nitrogen and oxygen atoms in total. The number of hydrogen-bond acceptors (Lipinski definition) is 4. The summed E-state index contributed by atoms with van der Waals surface area (Å²) >= 11 is 0. The second-order valence-corrected chi connectivity index (χ2v) is 7.94. The number of amides is 1. The third kappa shape index (κ3) is 4.19. The minimum atomic E-state index is -3.06. The van der Waals surface area contributed by atoms with Crippen molar-refractivity contribution in [1.29, 1.82) is 0 Å². The molecule has 7 heteroatoms. The topological polar surface area (TPSA) is 91.8 Å². The maximum Gasteiger partial charge on any atom is 0.303 e. The molecule has 114 valence electrons. The molecule has 2 fully saturated rings. The molecule has 1 saturated heterocycles. The predicted molar refractivity (Wildman–Crippen MR) is 73.0 cm³/mol. The molecule has 0 aromatic heterocycles. The van der Waals surface area contributed by atoms with Gasteiger partial charge in [0.15, 0.2) is 9.84 Å². The van der Waals surface area contributed by atoms with Crippen molar-refractivity contribution in [1.82, 2.24) is 4.90 Å². The van der Waals surface area contributed by atoms with Crippen LogP contribution in [0.4, 0.5) is 0 Å². The summed E-state index contributed by atoms with van der Waals surface area (Å²) < 4.78 is 23.7. The van der Waals surface area contributed by atoms with Crippen LogP contribution in [0.1, 0.15) is 38.5 Å². The Labute approximate surface area is 119 Å². The minimum Gasteiger partial charge on any atom is -0.481 e. The zero-order chi connectivity index (χ0) is 14.8. The maximum absolute atomic E-state index is 12.2. The van der Waals surface area contributed by atoms with Crippen LogP contribution in [-0.2, 0) is 19.4 Å². The van der Waals surface area contributed by atoms with E-state index >= 15 is 0 Å². The lowest BCUT2D eigenvalue weighted by atomic mass is 10.1. The number of carboxylic acids is 1. The molecule has 0 bridgehead atoms. The molecular weight excluding hydrogens is 282 g/mol. The molecular formula is C13H21NO5S. The molecule has 1 aliphatic carbocycles. The molecule has 1 heterocycles. The first kappa shape index (κ1) is 15.3. The van der Waals surface area contributed by atoms with Gasteiger partial charge in [-0.3, -0.25) is 9.59 Å². The van der Waals surface area contributed by atoms with Crippen molar-refractivity contribution in [2.75, 3.05) is 18.1 Å². The van der Waals surface area contributed by atoms with Gasteiger partial charge >= 0.3 is 5.97 Å². The van der Waals surface area contributed by atoms with Crippen LogP contribution in [0.3, 0.4) is 0 Å². The lowest BCUT2D eigenvalue weighted by Crippen LogP contribution is -2.44. The van der Waals surface area contributed by atoms with Crippen LogP contribution >= 0.6 is 0 Å². The van der Waals surface area contributed by atoms with E-state index in [1.54, 1.807) is 4.90 Å². The van der Waals surface area contributed by atoms with Crippen LogP contribution < -0.4 is 0 Å². The number of nitrogens with zero attached hydrogens (tertiary/aromatic N) is 1. The first-order valence-corrected chi connectivity index (χ1v) is 8.93. The van der Waals surface area contributed by atoms with E-state index in [9.17, 15) is 18.0 Å². The van der Waals surface area contributed by atoms with Crippen molar-refractivity contribution in [3.05, 3.63) is 0 Å². The summed E-state index contributed by atoms with van der Waals surface area (Å²) in [6, 6.07) is -0.195. The van der Waals surface area contributed by atoms with E-state index in [2.05, 4.69) is 0 Å². The van der Waals surface area contributed by atoms with Crippen molar-refractivity contribution in [2.24, 2.45) is 5.92 Å². The van der Waals surface area contributed by atoms with Gasteiger partial charge < -0.3 is 10.0 Å². The van der Waals surface area contributed by atoms with Crippen LogP contribution in [-0.4, -0.2) is 54.4 Å². The second kappa shape index (κ2) is 6.11. The van der Waals surface area contributed by atoms with Crippen molar-refractivity contribution in [3.8, 4) is 0 Å². The number of carboxylic acid groups (broad SMARTS) is 1. The first-order valence-electron chi connectivity index (χ1n) is 7.11. The Hall–Kier alpha value is -1.11. The van der Waals surface area contributed by atoms with Gasteiger partial charge in [0.2, 0.25) is 5.91 Å². The molecule has 20 heavy (non-hydrogen) atoms. The Morgan fingerprint density at radius 3 is 2.50 bits per heavy atom. The quantitative estimate of drug-likeness (QED) is 0.806. The molecule has 1 saturated carbocycles. The molecule has 2 aliphatic rings. The van der Waals surface area contributed by atoms with Gasteiger partial charge in [-0.15, -0.1) is 0 Å². The zero-order valence-corrected chi connectivity index (χ0v) is 12.3. The minimum absolute atomic E-state index is 0.0219. The number of carbonyl (C=O) groups excluding carboxylic acids is 1. The highest BCUT2D eigenvalue weighted by atomic mass is 32.2. The number of sulfone groups is 1. The standard InChI is InChI=1S/C13H21NO5S/c15-12(3-1-4-13(16)17)14-7-2-8-20(18,19)9-11(14)10-5-6-10/h10-11H,1-9H2,(H,16,17). The zero-order valence-electron chi connectivity index (χ0n) is 11.5. The Bertz CT molecular complexity index is 483. The van der Waals surface area contributed by atoms with E-state index in [-0.39, 0.29) is 36.3 Å². The van der Waals surface area contributed by atoms with E-state index in [0.717, 1.165) is 12.8 Å². The number of hydrogen-bond donors (Lipinski definition) is 1. The summed E-state index contributed by atoms with van der Waals surface area (Å²) in [7, 11) is -3.06. The van der Waals surface area contributed by atoms with E-state index in [1.165, 1.54) is 0 Å². The summed E-state index contributed by atoms with van der Waals surface area (Å²) in [5.41, 5.74) is 0. The fourth-order valence-corrected chi connectivity index (χ4v) is 4.48. The normalized spacial score (nSPS) is 26.0. The largest absolute Gasteiger partial charge is 0.481 e. The highest BCUT2D eigenvalue weighted by Crippen LogP contribution is 2.37. The monoisotopic (exact) mass is 303 g/mol. The Kier molecular flexibility index (Phi) is 4.67. The smallest absolute Gasteiger partial charge is 0.303 e. The summed E-state index contributed by atoms with van der Waals surface area (Å²) in [6.45, 7) is 0.478. The van der Waals surface area contributed by atoms with Gasteiger partial charge in [0.25, 0.3) is 0 Å². The van der Waals surface area contributed by atoms with Gasteiger partial charge in [-0.1, -0.05) is 0 Å². The number of carbonyl (C=O) groups is 2. The Morgan fingerprint density at radius 2 is 1.90 bits per heavy atom. The van der Waals surface area contributed by atoms with Crippen LogP contribution in [0.5, 0.6) is 0 Å². The lowest BCUT2D eigenvalue weighted by molar-refractivity contribution is -0.137. The molecule has 0 radical (unpaired) electrons. The van der Waals surface area contributed by atoms with Gasteiger partial charge in [-0.25, -0.2) is 8.42 Å². The molecule has 1 unspecified atom stereocenters. The fraction of sp³-hybridized carbons (Fsp3) is 0.846. The van der Waals surface area contributed by atoms with E-state index in [1.807, 2.05) is 0 Å². The van der Waals surface area contributed by atoms with Crippen LogP contribution in [0.2, 0.25) is 0 Å². The molecule has 2 rings (SSSR count). The highest BCUT2D eigenvalue weighted by Gasteiger charge is 2.41. The van der Waals surface area contributed by atoms with Crippen molar-refractivity contribution in [3.63, 3.8) is 0 Å². The second-order valence-electron chi connectivity index (χ2n) is 5.71. The fourth-order valence-electron chi connectivity index (χ4n) is 2.77. The van der Waals surface area contributed by atoms with Crippen LogP contribution in [0.15, 0.2) is 0 Å². The number of rotatable bonds is 5. The average molecular weight is 303 g/mol. The molecule has 0 aromatic rings. The van der Waals surface area contributed by atoms with Crippen molar-refractivity contribution < 1.29 is 23.1 Å². The summed E-state index contributed by atoms with van der Waals surface area (Å²) in [4.78, 5) is 24.4. The molecule has 1 aliphatic heterocycles. The molecule has 0 spiro atoms. The SMILES string of the molecule is O=C(O)CCCC(=O)N1CCCS(=O)(=O)CC1C1CC1. The third-order valence-electron chi connectivity index (χ3n) is 3.95.